The van der Waals surface area contributed by atoms with Crippen molar-refractivity contribution in [1.82, 2.24) is 0 Å². The summed E-state index contributed by atoms with van der Waals surface area (Å²) in [5, 5.41) is 0. The number of likely N-dealkylation sites (N-methyl/N-ethyl adjacent to an activating group) is 1. The average molecular weight is 619 g/mol. The normalized spacial score (nSPS) is 12.6. The predicted molar refractivity (Wildman–Crippen MR) is 198 cm³/mol. The Morgan fingerprint density at radius 1 is 0.477 bits per heavy atom. The molecule has 0 fully saturated rings. The summed E-state index contributed by atoms with van der Waals surface area (Å²) in [6.07, 6.45) is 47.3. The summed E-state index contributed by atoms with van der Waals surface area (Å²) in [4.78, 5) is 0. The van der Waals surface area contributed by atoms with Crippen LogP contribution in [0.5, 0.6) is 0 Å². The third-order valence-electron chi connectivity index (χ3n) is 8.63. The number of unbranched alkanes of at least 4 members (excludes halogenated alkanes) is 24. The number of nitrogens with zero attached hydrogens (tertiary/aromatic N) is 1. The summed E-state index contributed by atoms with van der Waals surface area (Å²) >= 11 is 0. The lowest BCUT2D eigenvalue weighted by molar-refractivity contribution is -0.500. The van der Waals surface area contributed by atoms with Crippen molar-refractivity contribution in [3.05, 3.63) is 24.3 Å². The second-order valence-corrected chi connectivity index (χ2v) is 13.5. The number of allylic oxidation sites excluding steroid dienone is 4. The van der Waals surface area contributed by atoms with Crippen molar-refractivity contribution in [2.45, 2.75) is 200 Å². The molecule has 0 aliphatic carbocycles. The van der Waals surface area contributed by atoms with E-state index in [2.05, 4.69) is 44.9 Å². The first-order chi connectivity index (χ1) is 21.7. The molecule has 0 N–H and O–H groups in total. The predicted octanol–water partition coefficient (Wildman–Crippen LogP) is 12.8. The Morgan fingerprint density at radius 3 is 1.23 bits per heavy atom. The van der Waals surface area contributed by atoms with Crippen LogP contribution in [-0.4, -0.2) is 50.8 Å². The van der Waals surface area contributed by atoms with Gasteiger partial charge in [0.05, 0.1) is 6.61 Å². The Kier molecular flexibility index (Phi) is 37.4. The lowest BCUT2D eigenvalue weighted by Gasteiger charge is -2.16. The maximum Gasteiger partial charge on any atom is 0.170 e. The summed E-state index contributed by atoms with van der Waals surface area (Å²) < 4.78 is 14.2. The second-order valence-electron chi connectivity index (χ2n) is 13.5. The summed E-state index contributed by atoms with van der Waals surface area (Å²) in [7, 11) is 2.02. The number of rotatable bonds is 37. The summed E-state index contributed by atoms with van der Waals surface area (Å²) in [6.45, 7) is 11.8. The van der Waals surface area contributed by atoms with Crippen molar-refractivity contribution >= 4 is 6.72 Å². The van der Waals surface area contributed by atoms with Crippen LogP contribution in [0.2, 0.25) is 0 Å². The highest BCUT2D eigenvalue weighted by molar-refractivity contribution is 5.14. The molecule has 0 radical (unpaired) electrons. The fourth-order valence-electron chi connectivity index (χ4n) is 5.77. The topological polar surface area (TPSA) is 21.5 Å². The number of hydrogen-bond acceptors (Lipinski definition) is 2. The van der Waals surface area contributed by atoms with E-state index in [0.29, 0.717) is 6.61 Å². The van der Waals surface area contributed by atoms with Crippen molar-refractivity contribution in [2.75, 3.05) is 33.4 Å². The largest absolute Gasteiger partial charge is 0.378 e. The van der Waals surface area contributed by atoms with Gasteiger partial charge in [0.15, 0.2) is 6.54 Å². The first kappa shape index (κ1) is 43.1. The fourth-order valence-corrected chi connectivity index (χ4v) is 5.77. The molecule has 1 atom stereocenters. The van der Waals surface area contributed by atoms with E-state index in [1.807, 2.05) is 11.6 Å². The molecule has 1 unspecified atom stereocenters. The highest BCUT2D eigenvalue weighted by atomic mass is 16.5. The van der Waals surface area contributed by atoms with Gasteiger partial charge in [0.25, 0.3) is 0 Å². The van der Waals surface area contributed by atoms with E-state index in [1.165, 1.54) is 173 Å². The van der Waals surface area contributed by atoms with Crippen molar-refractivity contribution < 1.29 is 14.0 Å². The van der Waals surface area contributed by atoms with Crippen LogP contribution in [-0.2, 0) is 9.47 Å². The van der Waals surface area contributed by atoms with E-state index >= 15 is 0 Å². The smallest absolute Gasteiger partial charge is 0.170 e. The van der Waals surface area contributed by atoms with Crippen LogP contribution in [0.25, 0.3) is 0 Å². The van der Waals surface area contributed by atoms with Gasteiger partial charge in [-0.05, 0) is 64.2 Å². The van der Waals surface area contributed by atoms with Crippen LogP contribution in [0.3, 0.4) is 0 Å². The van der Waals surface area contributed by atoms with Crippen molar-refractivity contribution in [3.63, 3.8) is 0 Å². The second kappa shape index (κ2) is 38.3. The van der Waals surface area contributed by atoms with Gasteiger partial charge < -0.3 is 9.47 Å². The maximum atomic E-state index is 6.19. The standard InChI is InChI=1S/C41H80NO2/c1-5-7-9-11-13-15-17-19-21-23-25-27-29-31-33-35-37-43-40-41(39-42(3)4)44-38-36-34-32-30-28-26-24-22-20-18-16-14-12-10-8-6-2/h15,17,20,22,41H,3,5-14,16,18-19,21,23-40H2,1-2,4H3/q+1/b17-15+,22-20+. The minimum Gasteiger partial charge on any atom is -0.378 e. The third kappa shape index (κ3) is 37.3. The zero-order valence-electron chi connectivity index (χ0n) is 30.5. The first-order valence-corrected chi connectivity index (χ1v) is 19.7. The molecule has 44 heavy (non-hydrogen) atoms. The summed E-state index contributed by atoms with van der Waals surface area (Å²) in [6, 6.07) is 0. The summed E-state index contributed by atoms with van der Waals surface area (Å²) in [5.41, 5.74) is 0. The van der Waals surface area contributed by atoms with E-state index in [9.17, 15) is 0 Å². The van der Waals surface area contributed by atoms with E-state index in [4.69, 9.17) is 9.47 Å². The van der Waals surface area contributed by atoms with Crippen LogP contribution in [0.4, 0.5) is 0 Å². The lowest BCUT2D eigenvalue weighted by atomic mass is 10.1. The van der Waals surface area contributed by atoms with Crippen LogP contribution in [0.15, 0.2) is 24.3 Å². The molecule has 260 valence electrons. The molecule has 0 heterocycles. The van der Waals surface area contributed by atoms with Crippen LogP contribution >= 0.6 is 0 Å². The SMILES string of the molecule is C=[N+](C)CC(COCCCCCCCCCC/C=C/CCCCCC)OCCCCCCCC/C=C/CCCCCCCC. The molecule has 0 rings (SSSR count). The molecule has 3 heteroatoms. The van der Waals surface area contributed by atoms with Gasteiger partial charge in [0, 0.05) is 13.2 Å². The van der Waals surface area contributed by atoms with Crippen LogP contribution in [0.1, 0.15) is 194 Å². The maximum absolute atomic E-state index is 6.19. The highest BCUT2D eigenvalue weighted by Gasteiger charge is 2.13. The zero-order chi connectivity index (χ0) is 32.0. The Morgan fingerprint density at radius 2 is 0.818 bits per heavy atom. The molecular weight excluding hydrogens is 538 g/mol. The van der Waals surface area contributed by atoms with Gasteiger partial charge in [0.2, 0.25) is 0 Å². The third-order valence-corrected chi connectivity index (χ3v) is 8.63. The Hall–Kier alpha value is -0.930. The summed E-state index contributed by atoms with van der Waals surface area (Å²) in [5.74, 6) is 0. The van der Waals surface area contributed by atoms with Crippen molar-refractivity contribution in [2.24, 2.45) is 0 Å². The molecule has 0 aromatic heterocycles. The van der Waals surface area contributed by atoms with E-state index in [-0.39, 0.29) is 6.10 Å². The molecular formula is C41H80NO2+. The van der Waals surface area contributed by atoms with Crippen LogP contribution < -0.4 is 0 Å². The van der Waals surface area contributed by atoms with Crippen LogP contribution in [0, 0.1) is 0 Å². The fraction of sp³-hybridized carbons (Fsp3) is 0.878. The zero-order valence-corrected chi connectivity index (χ0v) is 30.5. The van der Waals surface area contributed by atoms with E-state index < -0.39 is 0 Å². The molecule has 0 saturated carbocycles. The Bertz CT molecular complexity index is 614. The van der Waals surface area contributed by atoms with Gasteiger partial charge in [0.1, 0.15) is 19.9 Å². The van der Waals surface area contributed by atoms with Gasteiger partial charge in [-0.3, -0.25) is 0 Å². The van der Waals surface area contributed by atoms with E-state index in [1.54, 1.807) is 0 Å². The minimum absolute atomic E-state index is 0.136. The van der Waals surface area contributed by atoms with Gasteiger partial charge in [-0.1, -0.05) is 154 Å². The Labute approximate surface area is 277 Å². The molecule has 0 amide bonds. The molecule has 0 bridgehead atoms. The monoisotopic (exact) mass is 619 g/mol. The first-order valence-electron chi connectivity index (χ1n) is 19.7. The van der Waals surface area contributed by atoms with E-state index in [0.717, 1.165) is 26.2 Å². The average Bonchev–Trinajstić information content (AvgIpc) is 3.01. The molecule has 0 spiro atoms. The molecule has 0 aromatic carbocycles. The number of ether oxygens (including phenoxy) is 2. The van der Waals surface area contributed by atoms with Gasteiger partial charge in [-0.25, -0.2) is 4.58 Å². The Balaban J connectivity index is 3.52. The van der Waals surface area contributed by atoms with Gasteiger partial charge in [-0.2, -0.15) is 0 Å². The molecule has 0 aromatic rings. The molecule has 0 aliphatic rings. The van der Waals surface area contributed by atoms with Crippen molar-refractivity contribution in [3.8, 4) is 0 Å². The van der Waals surface area contributed by atoms with Crippen molar-refractivity contribution in [1.29, 1.82) is 0 Å². The number of hydrogen-bond donors (Lipinski definition) is 0. The van der Waals surface area contributed by atoms with Gasteiger partial charge in [-0.15, -0.1) is 0 Å². The quantitative estimate of drug-likeness (QED) is 0.0299. The lowest BCUT2D eigenvalue weighted by Crippen LogP contribution is -2.30. The van der Waals surface area contributed by atoms with Gasteiger partial charge >= 0.3 is 0 Å². The minimum atomic E-state index is 0.136. The molecule has 3 nitrogen and oxygen atoms in total. The highest BCUT2D eigenvalue weighted by Crippen LogP contribution is 2.12. The molecule has 0 saturated heterocycles. The molecule has 0 aliphatic heterocycles.